The van der Waals surface area contributed by atoms with Crippen molar-refractivity contribution < 1.29 is 14.5 Å². The van der Waals surface area contributed by atoms with Crippen LogP contribution < -0.4 is 4.90 Å². The molecule has 0 bridgehead atoms. The van der Waals surface area contributed by atoms with E-state index in [1.165, 1.54) is 6.07 Å². The number of hydrogen-bond donors (Lipinski definition) is 0. The van der Waals surface area contributed by atoms with Crippen LogP contribution in [-0.4, -0.2) is 59.1 Å². The van der Waals surface area contributed by atoms with Gasteiger partial charge in [0, 0.05) is 55.6 Å². The fourth-order valence-electron chi connectivity index (χ4n) is 3.21. The van der Waals surface area contributed by atoms with Crippen molar-refractivity contribution in [1.82, 2.24) is 9.88 Å². The average Bonchev–Trinajstić information content (AvgIpc) is 2.59. The zero-order chi connectivity index (χ0) is 19.6. The molecule has 0 amide bonds. The number of rotatable bonds is 4. The number of hydrogen-bond acceptors (Lipinski definition) is 7. The van der Waals surface area contributed by atoms with Crippen molar-refractivity contribution in [3.05, 3.63) is 40.6 Å². The summed E-state index contributed by atoms with van der Waals surface area (Å²) in [5.41, 5.74) is 1.24. The highest BCUT2D eigenvalue weighted by atomic mass is 16.6. The molecule has 0 unspecified atom stereocenters. The minimum atomic E-state index is -0.483. The van der Waals surface area contributed by atoms with Gasteiger partial charge in [0.25, 0.3) is 5.69 Å². The summed E-state index contributed by atoms with van der Waals surface area (Å²) in [5, 5.41) is 11.9. The van der Waals surface area contributed by atoms with E-state index < -0.39 is 10.5 Å². The summed E-state index contributed by atoms with van der Waals surface area (Å²) in [4.78, 5) is 31.3. The first-order valence-electron chi connectivity index (χ1n) is 8.95. The predicted molar refractivity (Wildman–Crippen MR) is 103 cm³/mol. The Bertz CT molecular complexity index is 854. The minimum absolute atomic E-state index is 0.0558. The molecular weight excluding hydrogens is 348 g/mol. The number of carbonyl (C=O) groups is 1. The number of piperazine rings is 1. The molecule has 0 saturated carbocycles. The van der Waals surface area contributed by atoms with Gasteiger partial charge >= 0.3 is 5.97 Å². The molecule has 0 N–H and O–H groups in total. The highest BCUT2D eigenvalue weighted by Gasteiger charge is 2.23. The molecule has 1 fully saturated rings. The van der Waals surface area contributed by atoms with Crippen LogP contribution in [0.5, 0.6) is 0 Å². The molecule has 3 rings (SSSR count). The van der Waals surface area contributed by atoms with Gasteiger partial charge in [-0.05, 0) is 32.9 Å². The Morgan fingerprint density at radius 3 is 2.56 bits per heavy atom. The van der Waals surface area contributed by atoms with Gasteiger partial charge in [0.2, 0.25) is 0 Å². The van der Waals surface area contributed by atoms with Gasteiger partial charge in [-0.1, -0.05) is 0 Å². The van der Waals surface area contributed by atoms with Crippen LogP contribution in [0.15, 0.2) is 30.5 Å². The van der Waals surface area contributed by atoms with E-state index in [2.05, 4.69) is 14.8 Å². The summed E-state index contributed by atoms with van der Waals surface area (Å²) in [6.07, 6.45) is 1.72. The monoisotopic (exact) mass is 372 g/mol. The highest BCUT2D eigenvalue weighted by molar-refractivity contribution is 5.93. The Morgan fingerprint density at radius 1 is 1.22 bits per heavy atom. The van der Waals surface area contributed by atoms with Crippen LogP contribution in [-0.2, 0) is 9.53 Å². The van der Waals surface area contributed by atoms with E-state index in [0.29, 0.717) is 0 Å². The number of aromatic nitrogens is 1. The SMILES string of the molecule is CC(C)(C)OC(=O)CN1CCN(c2ccnc3ccc([N+](=O)[O-])cc23)CC1. The lowest BCUT2D eigenvalue weighted by Gasteiger charge is -2.36. The van der Waals surface area contributed by atoms with E-state index in [-0.39, 0.29) is 18.2 Å². The third kappa shape index (κ3) is 4.71. The van der Waals surface area contributed by atoms with E-state index in [1.54, 1.807) is 18.3 Å². The van der Waals surface area contributed by atoms with E-state index in [0.717, 1.165) is 42.8 Å². The third-order valence-corrected chi connectivity index (χ3v) is 4.40. The third-order valence-electron chi connectivity index (χ3n) is 4.40. The number of esters is 1. The molecule has 1 aliphatic rings. The molecule has 8 heteroatoms. The second-order valence-electron chi connectivity index (χ2n) is 7.64. The van der Waals surface area contributed by atoms with Gasteiger partial charge in [-0.15, -0.1) is 0 Å². The molecule has 0 spiro atoms. The lowest BCUT2D eigenvalue weighted by atomic mass is 10.1. The predicted octanol–water partition coefficient (Wildman–Crippen LogP) is 2.61. The van der Waals surface area contributed by atoms with Crippen molar-refractivity contribution in [2.75, 3.05) is 37.6 Å². The van der Waals surface area contributed by atoms with Crippen LogP contribution in [0.4, 0.5) is 11.4 Å². The molecule has 1 saturated heterocycles. The standard InChI is InChI=1S/C19H24N4O4/c1-19(2,3)27-18(24)13-21-8-10-22(11-9-21)17-6-7-20-16-5-4-14(23(25)26)12-15(16)17/h4-7,12H,8-11,13H2,1-3H3. The van der Waals surface area contributed by atoms with Gasteiger partial charge in [-0.2, -0.15) is 0 Å². The molecule has 27 heavy (non-hydrogen) atoms. The van der Waals surface area contributed by atoms with Crippen LogP contribution >= 0.6 is 0 Å². The average molecular weight is 372 g/mol. The summed E-state index contributed by atoms with van der Waals surface area (Å²) in [6, 6.07) is 6.61. The maximum absolute atomic E-state index is 12.0. The fourth-order valence-corrected chi connectivity index (χ4v) is 3.21. The summed E-state index contributed by atoms with van der Waals surface area (Å²) >= 11 is 0. The lowest BCUT2D eigenvalue weighted by molar-refractivity contribution is -0.384. The maximum Gasteiger partial charge on any atom is 0.320 e. The molecule has 0 aliphatic carbocycles. The van der Waals surface area contributed by atoms with Crippen molar-refractivity contribution in [2.45, 2.75) is 26.4 Å². The molecule has 8 nitrogen and oxygen atoms in total. The number of nitro groups is 1. The van der Waals surface area contributed by atoms with Crippen molar-refractivity contribution >= 4 is 28.2 Å². The normalized spacial score (nSPS) is 15.7. The zero-order valence-corrected chi connectivity index (χ0v) is 15.8. The molecule has 2 heterocycles. The van der Waals surface area contributed by atoms with Gasteiger partial charge in [0.15, 0.2) is 0 Å². The summed E-state index contributed by atoms with van der Waals surface area (Å²) in [6.45, 7) is 8.74. The number of nitro benzene ring substituents is 1. The minimum Gasteiger partial charge on any atom is -0.459 e. The van der Waals surface area contributed by atoms with E-state index in [9.17, 15) is 14.9 Å². The topological polar surface area (TPSA) is 88.8 Å². The van der Waals surface area contributed by atoms with Crippen molar-refractivity contribution in [1.29, 1.82) is 0 Å². The largest absolute Gasteiger partial charge is 0.459 e. The molecule has 0 atom stereocenters. The summed E-state index contributed by atoms with van der Waals surface area (Å²) in [7, 11) is 0. The second kappa shape index (κ2) is 7.48. The highest BCUT2D eigenvalue weighted by Crippen LogP contribution is 2.29. The molecule has 2 aromatic rings. The van der Waals surface area contributed by atoms with Crippen LogP contribution in [0.2, 0.25) is 0 Å². The first kappa shape index (κ1) is 19.0. The molecule has 144 valence electrons. The van der Waals surface area contributed by atoms with Crippen LogP contribution in [0.1, 0.15) is 20.8 Å². The maximum atomic E-state index is 12.0. The van der Waals surface area contributed by atoms with Gasteiger partial charge in [0.1, 0.15) is 5.60 Å². The quantitative estimate of drug-likeness (QED) is 0.463. The summed E-state index contributed by atoms with van der Waals surface area (Å²) < 4.78 is 5.38. The summed E-state index contributed by atoms with van der Waals surface area (Å²) in [5.74, 6) is -0.221. The molecule has 1 aliphatic heterocycles. The molecule has 1 aromatic heterocycles. The van der Waals surface area contributed by atoms with Gasteiger partial charge in [-0.25, -0.2) is 0 Å². The van der Waals surface area contributed by atoms with E-state index >= 15 is 0 Å². The molecule has 1 aromatic carbocycles. The van der Waals surface area contributed by atoms with Crippen LogP contribution in [0, 0.1) is 10.1 Å². The Balaban J connectivity index is 1.70. The smallest absolute Gasteiger partial charge is 0.320 e. The number of non-ortho nitro benzene ring substituents is 1. The van der Waals surface area contributed by atoms with E-state index in [1.807, 2.05) is 26.8 Å². The van der Waals surface area contributed by atoms with E-state index in [4.69, 9.17) is 4.74 Å². The number of ether oxygens (including phenoxy) is 1. The Kier molecular flexibility index (Phi) is 5.27. The van der Waals surface area contributed by atoms with Crippen LogP contribution in [0.3, 0.4) is 0 Å². The fraction of sp³-hybridized carbons (Fsp3) is 0.474. The Morgan fingerprint density at radius 2 is 1.93 bits per heavy atom. The number of carbonyl (C=O) groups excluding carboxylic acids is 1. The molecule has 0 radical (unpaired) electrons. The number of fused-ring (bicyclic) bond motifs is 1. The number of anilines is 1. The first-order chi connectivity index (χ1) is 12.7. The second-order valence-corrected chi connectivity index (χ2v) is 7.64. The van der Waals surface area contributed by atoms with Gasteiger partial charge in [0.05, 0.1) is 17.0 Å². The van der Waals surface area contributed by atoms with Crippen molar-refractivity contribution in [3.8, 4) is 0 Å². The number of benzene rings is 1. The number of nitrogens with zero attached hydrogens (tertiary/aromatic N) is 4. The lowest BCUT2D eigenvalue weighted by Crippen LogP contribution is -2.48. The molecular formula is C19H24N4O4. The van der Waals surface area contributed by atoms with Crippen molar-refractivity contribution in [2.24, 2.45) is 0 Å². The van der Waals surface area contributed by atoms with Gasteiger partial charge in [-0.3, -0.25) is 24.8 Å². The Hall–Kier alpha value is -2.74. The first-order valence-corrected chi connectivity index (χ1v) is 8.95. The zero-order valence-electron chi connectivity index (χ0n) is 15.8. The van der Waals surface area contributed by atoms with Gasteiger partial charge < -0.3 is 9.64 Å². The number of pyridine rings is 1. The van der Waals surface area contributed by atoms with Crippen LogP contribution in [0.25, 0.3) is 10.9 Å². The Labute approximate surface area is 157 Å². The van der Waals surface area contributed by atoms with Crippen molar-refractivity contribution in [3.63, 3.8) is 0 Å².